The Hall–Kier alpha value is -0.480. The summed E-state index contributed by atoms with van der Waals surface area (Å²) < 4.78 is 5.76. The fourth-order valence-corrected chi connectivity index (χ4v) is 2.45. The van der Waals surface area contributed by atoms with Crippen molar-refractivity contribution in [3.63, 3.8) is 0 Å². The van der Waals surface area contributed by atoms with Gasteiger partial charge in [0.25, 0.3) is 0 Å². The lowest BCUT2D eigenvalue weighted by molar-refractivity contribution is 0.239. The number of hydrogen-bond donors (Lipinski definition) is 2. The number of hydrogen-bond acceptors (Lipinski definition) is 3. The Labute approximate surface area is 131 Å². The Morgan fingerprint density at radius 2 is 1.95 bits per heavy atom. The van der Waals surface area contributed by atoms with Crippen LogP contribution in [-0.4, -0.2) is 24.4 Å². The average molecular weight is 320 g/mol. The molecule has 0 aliphatic rings. The van der Waals surface area contributed by atoms with Crippen molar-refractivity contribution in [1.82, 2.24) is 5.32 Å². The quantitative estimate of drug-likeness (QED) is 0.675. The van der Waals surface area contributed by atoms with Crippen LogP contribution < -0.4 is 10.1 Å². The molecule has 1 rings (SSSR count). The van der Waals surface area contributed by atoms with Crippen LogP contribution in [0.2, 0.25) is 10.0 Å². The van der Waals surface area contributed by atoms with Crippen molar-refractivity contribution in [1.29, 1.82) is 0 Å². The standard InChI is InChI=1S/C15H23Cl2NO2/c1-11(2)20-15-12(8-13(16)9-14(15)17)10-18-6-4-3-5-7-19/h8-9,11,18-19H,3-7,10H2,1-2H3. The molecule has 20 heavy (non-hydrogen) atoms. The van der Waals surface area contributed by atoms with Gasteiger partial charge >= 0.3 is 0 Å². The Bertz CT molecular complexity index is 411. The smallest absolute Gasteiger partial charge is 0.142 e. The van der Waals surface area contributed by atoms with Crippen LogP contribution in [0.5, 0.6) is 5.75 Å². The molecular weight excluding hydrogens is 297 g/mol. The van der Waals surface area contributed by atoms with Crippen LogP contribution in [0.1, 0.15) is 38.7 Å². The fraction of sp³-hybridized carbons (Fsp3) is 0.600. The fourth-order valence-electron chi connectivity index (χ4n) is 1.87. The zero-order chi connectivity index (χ0) is 15.0. The highest BCUT2D eigenvalue weighted by molar-refractivity contribution is 6.35. The van der Waals surface area contributed by atoms with E-state index in [1.807, 2.05) is 19.9 Å². The van der Waals surface area contributed by atoms with E-state index in [4.69, 9.17) is 33.0 Å². The molecular formula is C15H23Cl2NO2. The minimum atomic E-state index is 0.0666. The van der Waals surface area contributed by atoms with E-state index in [0.717, 1.165) is 31.4 Å². The molecule has 0 fully saturated rings. The lowest BCUT2D eigenvalue weighted by atomic mass is 10.2. The van der Waals surface area contributed by atoms with Crippen LogP contribution in [0.15, 0.2) is 12.1 Å². The molecule has 0 unspecified atom stereocenters. The topological polar surface area (TPSA) is 41.5 Å². The summed E-state index contributed by atoms with van der Waals surface area (Å²) >= 11 is 12.2. The number of ether oxygens (including phenoxy) is 1. The van der Waals surface area contributed by atoms with Crippen molar-refractivity contribution in [2.75, 3.05) is 13.2 Å². The van der Waals surface area contributed by atoms with Crippen LogP contribution in [0, 0.1) is 0 Å². The number of rotatable bonds is 9. The van der Waals surface area contributed by atoms with Gasteiger partial charge in [0.15, 0.2) is 0 Å². The van der Waals surface area contributed by atoms with Gasteiger partial charge in [-0.2, -0.15) is 0 Å². The molecule has 0 spiro atoms. The SMILES string of the molecule is CC(C)Oc1c(Cl)cc(Cl)cc1CNCCCCCO. The van der Waals surface area contributed by atoms with Gasteiger partial charge in [0.1, 0.15) is 5.75 Å². The van der Waals surface area contributed by atoms with Gasteiger partial charge in [0, 0.05) is 23.7 Å². The zero-order valence-electron chi connectivity index (χ0n) is 12.1. The zero-order valence-corrected chi connectivity index (χ0v) is 13.6. The van der Waals surface area contributed by atoms with E-state index >= 15 is 0 Å². The van der Waals surface area contributed by atoms with Crippen molar-refractivity contribution in [2.24, 2.45) is 0 Å². The number of nitrogens with one attached hydrogen (secondary N) is 1. The second-order valence-corrected chi connectivity index (χ2v) is 5.85. The molecule has 0 aromatic heterocycles. The monoisotopic (exact) mass is 319 g/mol. The van der Waals surface area contributed by atoms with Gasteiger partial charge in [0.05, 0.1) is 11.1 Å². The molecule has 5 heteroatoms. The summed E-state index contributed by atoms with van der Waals surface area (Å²) in [6.07, 6.45) is 2.98. The molecule has 2 N–H and O–H groups in total. The summed E-state index contributed by atoms with van der Waals surface area (Å²) in [5, 5.41) is 13.2. The van der Waals surface area contributed by atoms with Gasteiger partial charge in [-0.1, -0.05) is 23.2 Å². The Morgan fingerprint density at radius 1 is 1.20 bits per heavy atom. The highest BCUT2D eigenvalue weighted by atomic mass is 35.5. The first kappa shape index (κ1) is 17.6. The van der Waals surface area contributed by atoms with E-state index in [0.29, 0.717) is 22.3 Å². The van der Waals surface area contributed by atoms with E-state index in [1.165, 1.54) is 0 Å². The summed E-state index contributed by atoms with van der Waals surface area (Å²) in [6.45, 7) is 5.76. The number of aliphatic hydroxyl groups is 1. The van der Waals surface area contributed by atoms with Gasteiger partial charge in [-0.05, 0) is 51.8 Å². The predicted octanol–water partition coefficient (Wildman–Crippen LogP) is 4.03. The van der Waals surface area contributed by atoms with Gasteiger partial charge in [-0.15, -0.1) is 0 Å². The third-order valence-electron chi connectivity index (χ3n) is 2.77. The van der Waals surface area contributed by atoms with E-state index in [9.17, 15) is 0 Å². The summed E-state index contributed by atoms with van der Waals surface area (Å²) in [7, 11) is 0. The van der Waals surface area contributed by atoms with Crippen molar-refractivity contribution in [3.05, 3.63) is 27.7 Å². The number of benzene rings is 1. The first-order chi connectivity index (χ1) is 9.54. The molecule has 1 aromatic rings. The van der Waals surface area contributed by atoms with Crippen molar-refractivity contribution in [3.8, 4) is 5.75 Å². The molecule has 0 bridgehead atoms. The molecule has 114 valence electrons. The first-order valence-corrected chi connectivity index (χ1v) is 7.76. The number of aliphatic hydroxyl groups excluding tert-OH is 1. The van der Waals surface area contributed by atoms with Crippen LogP contribution in [0.25, 0.3) is 0 Å². The molecule has 0 saturated carbocycles. The van der Waals surface area contributed by atoms with Gasteiger partial charge in [-0.25, -0.2) is 0 Å². The molecule has 1 aromatic carbocycles. The summed E-state index contributed by atoms with van der Waals surface area (Å²) in [6, 6.07) is 3.58. The van der Waals surface area contributed by atoms with Crippen molar-refractivity contribution >= 4 is 23.2 Å². The van der Waals surface area contributed by atoms with E-state index < -0.39 is 0 Å². The van der Waals surface area contributed by atoms with Gasteiger partial charge in [0.2, 0.25) is 0 Å². The second kappa shape index (κ2) is 9.46. The maximum atomic E-state index is 8.72. The van der Waals surface area contributed by atoms with Crippen LogP contribution >= 0.6 is 23.2 Å². The highest BCUT2D eigenvalue weighted by Crippen LogP contribution is 2.33. The van der Waals surface area contributed by atoms with Crippen molar-refractivity contribution < 1.29 is 9.84 Å². The molecule has 0 atom stereocenters. The molecule has 0 radical (unpaired) electrons. The lowest BCUT2D eigenvalue weighted by Crippen LogP contribution is -2.17. The largest absolute Gasteiger partial charge is 0.489 e. The molecule has 0 saturated heterocycles. The van der Waals surface area contributed by atoms with Gasteiger partial charge < -0.3 is 15.2 Å². The summed E-state index contributed by atoms with van der Waals surface area (Å²) in [4.78, 5) is 0. The maximum Gasteiger partial charge on any atom is 0.142 e. The van der Waals surface area contributed by atoms with Crippen LogP contribution in [0.3, 0.4) is 0 Å². The minimum Gasteiger partial charge on any atom is -0.489 e. The molecule has 3 nitrogen and oxygen atoms in total. The predicted molar refractivity (Wildman–Crippen MR) is 84.9 cm³/mol. The van der Waals surface area contributed by atoms with E-state index in [1.54, 1.807) is 6.07 Å². The average Bonchev–Trinajstić information content (AvgIpc) is 2.37. The normalized spacial score (nSPS) is 11.1. The third kappa shape index (κ3) is 6.31. The highest BCUT2D eigenvalue weighted by Gasteiger charge is 2.12. The Kier molecular flexibility index (Phi) is 8.31. The first-order valence-electron chi connectivity index (χ1n) is 7.00. The number of unbranched alkanes of at least 4 members (excludes halogenated alkanes) is 2. The molecule has 0 heterocycles. The summed E-state index contributed by atoms with van der Waals surface area (Å²) in [5.41, 5.74) is 0.971. The second-order valence-electron chi connectivity index (χ2n) is 5.00. The van der Waals surface area contributed by atoms with Crippen LogP contribution in [-0.2, 0) is 6.54 Å². The minimum absolute atomic E-state index is 0.0666. The summed E-state index contributed by atoms with van der Waals surface area (Å²) in [5.74, 6) is 0.703. The molecule has 0 aliphatic carbocycles. The lowest BCUT2D eigenvalue weighted by Gasteiger charge is -2.16. The van der Waals surface area contributed by atoms with Gasteiger partial charge in [-0.3, -0.25) is 0 Å². The number of halogens is 2. The van der Waals surface area contributed by atoms with Crippen LogP contribution in [0.4, 0.5) is 0 Å². The van der Waals surface area contributed by atoms with E-state index in [-0.39, 0.29) is 12.7 Å². The van der Waals surface area contributed by atoms with Crippen molar-refractivity contribution in [2.45, 2.75) is 45.8 Å². The Balaban J connectivity index is 2.58. The van der Waals surface area contributed by atoms with E-state index in [2.05, 4.69) is 5.32 Å². The maximum absolute atomic E-state index is 8.72. The third-order valence-corrected chi connectivity index (χ3v) is 3.26. The molecule has 0 amide bonds. The Morgan fingerprint density at radius 3 is 2.60 bits per heavy atom. The molecule has 0 aliphatic heterocycles.